The fraction of sp³-hybridized carbons (Fsp3) is 0.364. The largest absolute Gasteiger partial charge is 0.464 e. The Morgan fingerprint density at radius 3 is 2.00 bits per heavy atom. The predicted molar refractivity (Wildman–Crippen MR) is 57.7 cm³/mol. The van der Waals surface area contributed by atoms with Crippen molar-refractivity contribution in [1.29, 1.82) is 0 Å². The molecule has 0 aromatic carbocycles. The highest BCUT2D eigenvalue weighted by atomic mass is 16.5. The van der Waals surface area contributed by atoms with Gasteiger partial charge in [0.1, 0.15) is 11.4 Å². The van der Waals surface area contributed by atoms with Crippen molar-refractivity contribution in [2.24, 2.45) is 0 Å². The molecule has 1 N–H and O–H groups in total. The number of hydrogen-bond donors (Lipinski definition) is 1. The van der Waals surface area contributed by atoms with Crippen LogP contribution in [-0.4, -0.2) is 42.9 Å². The summed E-state index contributed by atoms with van der Waals surface area (Å²) in [6.07, 6.45) is 0.316. The molecule has 1 aromatic heterocycles. The molecule has 92 valence electrons. The number of hydrogen-bond acceptors (Lipinski definition) is 6. The van der Waals surface area contributed by atoms with Gasteiger partial charge >= 0.3 is 11.9 Å². The van der Waals surface area contributed by atoms with E-state index in [1.807, 2.05) is 0 Å². The number of ether oxygens (including phenoxy) is 2. The number of rotatable bonds is 4. The number of pyridine rings is 1. The Balaban J connectivity index is 3.18. The lowest BCUT2D eigenvalue weighted by atomic mass is 10.1. The first kappa shape index (κ1) is 13.1. The van der Waals surface area contributed by atoms with E-state index in [1.54, 1.807) is 0 Å². The Labute approximate surface area is 98.2 Å². The minimum atomic E-state index is -0.644. The van der Waals surface area contributed by atoms with E-state index in [-0.39, 0.29) is 18.0 Å². The monoisotopic (exact) mass is 239 g/mol. The number of esters is 2. The van der Waals surface area contributed by atoms with E-state index < -0.39 is 11.9 Å². The highest BCUT2D eigenvalue weighted by Crippen LogP contribution is 2.09. The first-order valence-electron chi connectivity index (χ1n) is 4.90. The molecule has 1 rings (SSSR count). The van der Waals surface area contributed by atoms with Gasteiger partial charge in [0, 0.05) is 6.61 Å². The quantitative estimate of drug-likeness (QED) is 0.755. The third-order valence-electron chi connectivity index (χ3n) is 2.07. The fourth-order valence-corrected chi connectivity index (χ4v) is 1.28. The number of carbonyl (C=O) groups excluding carboxylic acids is 2. The van der Waals surface area contributed by atoms with Crippen LogP contribution in [0.4, 0.5) is 0 Å². The minimum absolute atomic E-state index is 0.0128. The molecule has 0 saturated carbocycles. The average molecular weight is 239 g/mol. The first-order chi connectivity index (χ1) is 8.12. The van der Waals surface area contributed by atoms with Crippen LogP contribution in [0.2, 0.25) is 0 Å². The average Bonchev–Trinajstić information content (AvgIpc) is 2.36. The Morgan fingerprint density at radius 2 is 1.65 bits per heavy atom. The summed E-state index contributed by atoms with van der Waals surface area (Å²) in [5.41, 5.74) is 0.640. The smallest absolute Gasteiger partial charge is 0.356 e. The standard InChI is InChI=1S/C11H13NO5/c1-16-10(14)8-5-7(3-4-13)6-9(12-8)11(15)17-2/h5-6,13H,3-4H2,1-2H3. The summed E-state index contributed by atoms with van der Waals surface area (Å²) in [7, 11) is 2.45. The summed E-state index contributed by atoms with van der Waals surface area (Å²) in [5.74, 6) is -1.29. The van der Waals surface area contributed by atoms with E-state index in [0.717, 1.165) is 0 Å². The second kappa shape index (κ2) is 5.95. The summed E-state index contributed by atoms with van der Waals surface area (Å²) >= 11 is 0. The van der Waals surface area contributed by atoms with Gasteiger partial charge in [-0.25, -0.2) is 14.6 Å². The van der Waals surface area contributed by atoms with Crippen LogP contribution in [0.15, 0.2) is 12.1 Å². The highest BCUT2D eigenvalue weighted by Gasteiger charge is 2.15. The molecule has 0 fully saturated rings. The van der Waals surface area contributed by atoms with Crippen LogP contribution in [0.1, 0.15) is 26.5 Å². The van der Waals surface area contributed by atoms with Crippen LogP contribution in [0.25, 0.3) is 0 Å². The van der Waals surface area contributed by atoms with Gasteiger partial charge in [-0.2, -0.15) is 0 Å². The molecule has 1 heterocycles. The van der Waals surface area contributed by atoms with Crippen molar-refractivity contribution in [2.45, 2.75) is 6.42 Å². The lowest BCUT2D eigenvalue weighted by Gasteiger charge is -2.05. The minimum Gasteiger partial charge on any atom is -0.464 e. The van der Waals surface area contributed by atoms with Crippen molar-refractivity contribution in [1.82, 2.24) is 4.98 Å². The molecule has 0 spiro atoms. The van der Waals surface area contributed by atoms with E-state index in [9.17, 15) is 9.59 Å². The molecule has 0 saturated heterocycles. The predicted octanol–water partition coefficient (Wildman–Crippen LogP) is 0.190. The maximum absolute atomic E-state index is 11.3. The Hall–Kier alpha value is -1.95. The van der Waals surface area contributed by atoms with Gasteiger partial charge in [-0.15, -0.1) is 0 Å². The maximum Gasteiger partial charge on any atom is 0.356 e. The van der Waals surface area contributed by atoms with Crippen molar-refractivity contribution in [3.8, 4) is 0 Å². The maximum atomic E-state index is 11.3. The summed E-state index contributed by atoms with van der Waals surface area (Å²) in [6.45, 7) is -0.0920. The first-order valence-corrected chi connectivity index (χ1v) is 4.90. The van der Waals surface area contributed by atoms with Crippen LogP contribution in [0.3, 0.4) is 0 Å². The van der Waals surface area contributed by atoms with Crippen LogP contribution in [-0.2, 0) is 15.9 Å². The topological polar surface area (TPSA) is 85.7 Å². The Kier molecular flexibility index (Phi) is 4.59. The van der Waals surface area contributed by atoms with Gasteiger partial charge in [0.15, 0.2) is 0 Å². The van der Waals surface area contributed by atoms with E-state index in [1.165, 1.54) is 26.4 Å². The number of aromatic nitrogens is 1. The molecule has 1 aromatic rings. The molecule has 0 aliphatic carbocycles. The zero-order chi connectivity index (χ0) is 12.8. The van der Waals surface area contributed by atoms with Crippen molar-refractivity contribution in [3.63, 3.8) is 0 Å². The summed E-state index contributed by atoms with van der Waals surface area (Å²) < 4.78 is 9.04. The van der Waals surface area contributed by atoms with Crippen molar-refractivity contribution >= 4 is 11.9 Å². The van der Waals surface area contributed by atoms with Crippen molar-refractivity contribution in [2.75, 3.05) is 20.8 Å². The molecule has 6 heteroatoms. The molecule has 0 atom stereocenters. The third kappa shape index (κ3) is 3.25. The Morgan fingerprint density at radius 1 is 1.18 bits per heavy atom. The normalized spacial score (nSPS) is 9.82. The number of carbonyl (C=O) groups is 2. The summed E-state index contributed by atoms with van der Waals surface area (Å²) in [6, 6.07) is 2.93. The van der Waals surface area contributed by atoms with E-state index >= 15 is 0 Å². The molecule has 17 heavy (non-hydrogen) atoms. The molecule has 0 amide bonds. The second-order valence-corrected chi connectivity index (χ2v) is 3.20. The Bertz CT molecular complexity index is 396. The molecular formula is C11H13NO5. The van der Waals surface area contributed by atoms with Gasteiger partial charge in [0.2, 0.25) is 0 Å². The molecule has 6 nitrogen and oxygen atoms in total. The van der Waals surface area contributed by atoms with Crippen LogP contribution in [0, 0.1) is 0 Å². The van der Waals surface area contributed by atoms with Gasteiger partial charge in [-0.1, -0.05) is 0 Å². The van der Waals surface area contributed by atoms with Crippen molar-refractivity contribution in [3.05, 3.63) is 29.1 Å². The zero-order valence-electron chi connectivity index (χ0n) is 9.60. The molecular weight excluding hydrogens is 226 g/mol. The molecule has 0 bridgehead atoms. The molecule has 0 radical (unpaired) electrons. The van der Waals surface area contributed by atoms with E-state index in [4.69, 9.17) is 5.11 Å². The fourth-order valence-electron chi connectivity index (χ4n) is 1.28. The highest BCUT2D eigenvalue weighted by molar-refractivity contribution is 5.91. The van der Waals surface area contributed by atoms with Crippen LogP contribution < -0.4 is 0 Å². The lowest BCUT2D eigenvalue weighted by molar-refractivity contribution is 0.0585. The van der Waals surface area contributed by atoms with E-state index in [2.05, 4.69) is 14.5 Å². The van der Waals surface area contributed by atoms with Crippen LogP contribution >= 0.6 is 0 Å². The molecule has 0 unspecified atom stereocenters. The second-order valence-electron chi connectivity index (χ2n) is 3.20. The number of aliphatic hydroxyl groups excluding tert-OH is 1. The van der Waals surface area contributed by atoms with Gasteiger partial charge in [-0.05, 0) is 24.1 Å². The third-order valence-corrected chi connectivity index (χ3v) is 2.07. The summed E-state index contributed by atoms with van der Waals surface area (Å²) in [4.78, 5) is 26.5. The SMILES string of the molecule is COC(=O)c1cc(CCO)cc(C(=O)OC)n1. The van der Waals surface area contributed by atoms with Gasteiger partial charge in [-0.3, -0.25) is 0 Å². The van der Waals surface area contributed by atoms with Crippen molar-refractivity contribution < 1.29 is 24.2 Å². The van der Waals surface area contributed by atoms with Gasteiger partial charge in [0.05, 0.1) is 14.2 Å². The molecule has 0 aliphatic rings. The molecule has 0 aliphatic heterocycles. The van der Waals surface area contributed by atoms with E-state index in [0.29, 0.717) is 12.0 Å². The number of methoxy groups -OCH3 is 2. The zero-order valence-corrected chi connectivity index (χ0v) is 9.60. The van der Waals surface area contributed by atoms with Crippen LogP contribution in [0.5, 0.6) is 0 Å². The van der Waals surface area contributed by atoms with Gasteiger partial charge < -0.3 is 14.6 Å². The lowest BCUT2D eigenvalue weighted by Crippen LogP contribution is -2.12. The number of aliphatic hydroxyl groups is 1. The number of nitrogens with zero attached hydrogens (tertiary/aromatic N) is 1. The summed E-state index contributed by atoms with van der Waals surface area (Å²) in [5, 5.41) is 8.84. The van der Waals surface area contributed by atoms with Gasteiger partial charge in [0.25, 0.3) is 0 Å².